The van der Waals surface area contributed by atoms with Crippen molar-refractivity contribution in [2.75, 3.05) is 38.7 Å². The van der Waals surface area contributed by atoms with Crippen LogP contribution in [0, 0.1) is 21.8 Å². The lowest BCUT2D eigenvalue weighted by Crippen LogP contribution is -2.53. The van der Waals surface area contributed by atoms with Gasteiger partial charge < -0.3 is 15.3 Å². The summed E-state index contributed by atoms with van der Waals surface area (Å²) in [6.07, 6.45) is 0.677. The van der Waals surface area contributed by atoms with Crippen LogP contribution in [-0.2, 0) is 6.54 Å². The molecule has 2 aromatic carbocycles. The quantitative estimate of drug-likeness (QED) is 0.517. The molecule has 2 N–H and O–H groups in total. The molecule has 0 unspecified atom stereocenters. The van der Waals surface area contributed by atoms with Crippen molar-refractivity contribution in [2.45, 2.75) is 19.0 Å². The molecule has 1 amide bonds. The van der Waals surface area contributed by atoms with Crippen molar-refractivity contribution in [3.05, 3.63) is 69.5 Å². The highest BCUT2D eigenvalue weighted by Crippen LogP contribution is 2.30. The fraction of sp³-hybridized carbons (Fsp3) is 0.409. The molecule has 31 heavy (non-hydrogen) atoms. The normalized spacial score (nSPS) is 19.1. The van der Waals surface area contributed by atoms with E-state index in [-0.39, 0.29) is 29.5 Å². The van der Waals surface area contributed by atoms with Crippen molar-refractivity contribution in [1.82, 2.24) is 10.2 Å². The van der Waals surface area contributed by atoms with Gasteiger partial charge in [0.1, 0.15) is 11.5 Å². The second-order valence-corrected chi connectivity index (χ2v) is 8.00. The number of nitro groups is 1. The van der Waals surface area contributed by atoms with Gasteiger partial charge in [-0.25, -0.2) is 4.39 Å². The molecular weight excluding hydrogens is 403 g/mol. The van der Waals surface area contributed by atoms with E-state index in [9.17, 15) is 24.4 Å². The van der Waals surface area contributed by atoms with Crippen LogP contribution in [0.15, 0.2) is 42.5 Å². The summed E-state index contributed by atoms with van der Waals surface area (Å²) in [5.41, 5.74) is 0.494. The number of halogens is 1. The Morgan fingerprint density at radius 3 is 2.65 bits per heavy atom. The van der Waals surface area contributed by atoms with Gasteiger partial charge in [0.05, 0.1) is 10.5 Å². The number of amides is 1. The maximum Gasteiger partial charge on any atom is 0.293 e. The summed E-state index contributed by atoms with van der Waals surface area (Å²) in [5.74, 6) is -1.73. The molecule has 0 radical (unpaired) electrons. The number of piperidine rings is 1. The van der Waals surface area contributed by atoms with Crippen molar-refractivity contribution in [2.24, 2.45) is 5.92 Å². The highest BCUT2D eigenvalue weighted by atomic mass is 19.1. The van der Waals surface area contributed by atoms with E-state index in [0.29, 0.717) is 19.5 Å². The Bertz CT molecular complexity index is 939. The SMILES string of the molecule is CN(C)c1cc(F)c(C(=O)N[C@H]2CN(Cc3ccccc3)CC[C@@H]2CO)cc1[N+](=O)[O-]. The van der Waals surface area contributed by atoms with Gasteiger partial charge in [-0.2, -0.15) is 0 Å². The molecule has 1 aliphatic rings. The van der Waals surface area contributed by atoms with Gasteiger partial charge in [0.25, 0.3) is 11.6 Å². The summed E-state index contributed by atoms with van der Waals surface area (Å²) >= 11 is 0. The summed E-state index contributed by atoms with van der Waals surface area (Å²) in [5, 5.41) is 23.9. The van der Waals surface area contributed by atoms with Gasteiger partial charge >= 0.3 is 0 Å². The van der Waals surface area contributed by atoms with Gasteiger partial charge in [-0.05, 0) is 18.5 Å². The van der Waals surface area contributed by atoms with Crippen LogP contribution in [0.25, 0.3) is 0 Å². The van der Waals surface area contributed by atoms with E-state index < -0.39 is 22.7 Å². The van der Waals surface area contributed by atoms with E-state index >= 15 is 0 Å². The minimum atomic E-state index is -0.829. The Balaban J connectivity index is 1.78. The van der Waals surface area contributed by atoms with Crippen molar-refractivity contribution < 1.29 is 19.2 Å². The van der Waals surface area contributed by atoms with Gasteiger partial charge in [0, 0.05) is 57.9 Å². The van der Waals surface area contributed by atoms with Gasteiger partial charge in [0.15, 0.2) is 0 Å². The Kier molecular flexibility index (Phi) is 7.19. The number of aliphatic hydroxyl groups excluding tert-OH is 1. The summed E-state index contributed by atoms with van der Waals surface area (Å²) in [7, 11) is 3.13. The second kappa shape index (κ2) is 9.84. The van der Waals surface area contributed by atoms with E-state index in [1.54, 1.807) is 14.1 Å². The minimum Gasteiger partial charge on any atom is -0.396 e. The third-order valence-electron chi connectivity index (χ3n) is 5.63. The number of nitrogens with zero attached hydrogens (tertiary/aromatic N) is 3. The number of nitro benzene ring substituents is 1. The van der Waals surface area contributed by atoms with Crippen LogP contribution in [0.1, 0.15) is 22.3 Å². The number of hydrogen-bond donors (Lipinski definition) is 2. The Labute approximate surface area is 180 Å². The third kappa shape index (κ3) is 5.36. The molecule has 166 valence electrons. The number of likely N-dealkylation sites (tertiary alicyclic amines) is 1. The molecule has 8 nitrogen and oxygen atoms in total. The number of carbonyl (C=O) groups excluding carboxylic acids is 1. The summed E-state index contributed by atoms with van der Waals surface area (Å²) < 4.78 is 14.6. The Morgan fingerprint density at radius 1 is 1.32 bits per heavy atom. The first kappa shape index (κ1) is 22.6. The molecule has 0 aliphatic carbocycles. The van der Waals surface area contributed by atoms with Crippen LogP contribution in [-0.4, -0.2) is 60.7 Å². The van der Waals surface area contributed by atoms with Gasteiger partial charge in [-0.1, -0.05) is 30.3 Å². The van der Waals surface area contributed by atoms with Crippen LogP contribution in [0.5, 0.6) is 0 Å². The molecule has 9 heteroatoms. The first-order valence-electron chi connectivity index (χ1n) is 10.1. The minimum absolute atomic E-state index is 0.0824. The van der Waals surface area contributed by atoms with Crippen LogP contribution in [0.2, 0.25) is 0 Å². The van der Waals surface area contributed by atoms with Crippen LogP contribution in [0.3, 0.4) is 0 Å². The molecule has 1 saturated heterocycles. The van der Waals surface area contributed by atoms with E-state index in [4.69, 9.17) is 0 Å². The number of aliphatic hydroxyl groups is 1. The van der Waals surface area contributed by atoms with E-state index in [2.05, 4.69) is 10.2 Å². The van der Waals surface area contributed by atoms with Crippen LogP contribution >= 0.6 is 0 Å². The van der Waals surface area contributed by atoms with Crippen molar-refractivity contribution in [1.29, 1.82) is 0 Å². The zero-order valence-corrected chi connectivity index (χ0v) is 17.6. The maximum atomic E-state index is 14.6. The fourth-order valence-corrected chi connectivity index (χ4v) is 3.91. The molecule has 0 spiro atoms. The first-order chi connectivity index (χ1) is 14.8. The molecule has 3 rings (SSSR count). The lowest BCUT2D eigenvalue weighted by Gasteiger charge is -2.38. The lowest BCUT2D eigenvalue weighted by molar-refractivity contribution is -0.384. The lowest BCUT2D eigenvalue weighted by atomic mass is 9.91. The van der Waals surface area contributed by atoms with Gasteiger partial charge in [0.2, 0.25) is 0 Å². The van der Waals surface area contributed by atoms with Gasteiger partial charge in [-0.15, -0.1) is 0 Å². The number of hydrogen-bond acceptors (Lipinski definition) is 6. The zero-order valence-electron chi connectivity index (χ0n) is 17.6. The average molecular weight is 430 g/mol. The van der Waals surface area contributed by atoms with Crippen LogP contribution < -0.4 is 10.2 Å². The summed E-state index contributed by atoms with van der Waals surface area (Å²) in [4.78, 5) is 27.2. The highest BCUT2D eigenvalue weighted by Gasteiger charge is 2.31. The first-order valence-corrected chi connectivity index (χ1v) is 10.1. The molecule has 0 bridgehead atoms. The smallest absolute Gasteiger partial charge is 0.293 e. The van der Waals surface area contributed by atoms with E-state index in [1.807, 2.05) is 30.3 Å². The van der Waals surface area contributed by atoms with E-state index in [0.717, 1.165) is 24.2 Å². The standard InChI is InChI=1S/C22H27FN4O4/c1-25(2)20-11-18(23)17(10-21(20)27(30)31)22(29)24-19-13-26(9-8-16(19)14-28)12-15-6-4-3-5-7-15/h3-7,10-11,16,19,28H,8-9,12-14H2,1-2H3,(H,24,29)/t16-,19+/m1/s1. The molecule has 2 aromatic rings. The van der Waals surface area contributed by atoms with Gasteiger partial charge in [-0.3, -0.25) is 19.8 Å². The molecule has 1 fully saturated rings. The average Bonchev–Trinajstić information content (AvgIpc) is 2.74. The van der Waals surface area contributed by atoms with Crippen molar-refractivity contribution >= 4 is 17.3 Å². The number of benzene rings is 2. The predicted octanol–water partition coefficient (Wildman–Crippen LogP) is 2.41. The predicted molar refractivity (Wildman–Crippen MR) is 116 cm³/mol. The number of anilines is 1. The molecule has 1 heterocycles. The zero-order chi connectivity index (χ0) is 22.5. The Morgan fingerprint density at radius 2 is 2.03 bits per heavy atom. The molecule has 0 saturated carbocycles. The maximum absolute atomic E-state index is 14.6. The largest absolute Gasteiger partial charge is 0.396 e. The molecule has 0 aromatic heterocycles. The van der Waals surface area contributed by atoms with Crippen molar-refractivity contribution in [3.63, 3.8) is 0 Å². The number of rotatable bonds is 7. The second-order valence-electron chi connectivity index (χ2n) is 8.00. The van der Waals surface area contributed by atoms with Crippen LogP contribution in [0.4, 0.5) is 15.8 Å². The molecule has 1 aliphatic heterocycles. The summed E-state index contributed by atoms with van der Waals surface area (Å²) in [6, 6.07) is 11.5. The van der Waals surface area contributed by atoms with E-state index in [1.165, 1.54) is 4.90 Å². The van der Waals surface area contributed by atoms with Crippen molar-refractivity contribution in [3.8, 4) is 0 Å². The summed E-state index contributed by atoms with van der Waals surface area (Å²) in [6.45, 7) is 1.85. The third-order valence-corrected chi connectivity index (χ3v) is 5.63. The highest BCUT2D eigenvalue weighted by molar-refractivity contribution is 5.96. The number of nitrogens with one attached hydrogen (secondary N) is 1. The fourth-order valence-electron chi connectivity index (χ4n) is 3.91. The number of carbonyl (C=O) groups is 1. The monoisotopic (exact) mass is 430 g/mol. The topological polar surface area (TPSA) is 99.0 Å². The molecule has 2 atom stereocenters. The molecular formula is C22H27FN4O4. The Hall–Kier alpha value is -3.04.